The van der Waals surface area contributed by atoms with Gasteiger partial charge in [0.15, 0.2) is 0 Å². The highest BCUT2D eigenvalue weighted by molar-refractivity contribution is 8.13. The summed E-state index contributed by atoms with van der Waals surface area (Å²) in [5, 5.41) is 2.70. The molecule has 1 aromatic carbocycles. The summed E-state index contributed by atoms with van der Waals surface area (Å²) in [6.07, 6.45) is 0.355. The Morgan fingerprint density at radius 3 is 2.67 bits per heavy atom. The average Bonchev–Trinajstić information content (AvgIpc) is 2.74. The van der Waals surface area contributed by atoms with Gasteiger partial charge in [-0.3, -0.25) is 4.79 Å². The van der Waals surface area contributed by atoms with Gasteiger partial charge in [0.1, 0.15) is 10.6 Å². The van der Waals surface area contributed by atoms with E-state index in [9.17, 15) is 13.2 Å². The molecule has 18 heavy (non-hydrogen) atoms. The van der Waals surface area contributed by atoms with Crippen LogP contribution in [0.2, 0.25) is 0 Å². The first kappa shape index (κ1) is 13.2. The molecule has 0 radical (unpaired) electrons. The third-order valence-corrected chi connectivity index (χ3v) is 4.24. The van der Waals surface area contributed by atoms with Crippen molar-refractivity contribution in [1.82, 2.24) is 5.32 Å². The maximum Gasteiger partial charge on any atom is 0.264 e. The molecule has 1 aromatic rings. The van der Waals surface area contributed by atoms with Crippen molar-refractivity contribution in [1.29, 1.82) is 0 Å². The van der Waals surface area contributed by atoms with Crippen molar-refractivity contribution in [2.24, 2.45) is 0 Å². The van der Waals surface area contributed by atoms with Crippen molar-refractivity contribution in [3.63, 3.8) is 0 Å². The van der Waals surface area contributed by atoms with E-state index < -0.39 is 9.05 Å². The van der Waals surface area contributed by atoms with E-state index in [4.69, 9.17) is 15.4 Å². The van der Waals surface area contributed by atoms with Crippen LogP contribution in [-0.4, -0.2) is 28.0 Å². The molecule has 5 nitrogen and oxygen atoms in total. The molecular weight excluding hydrogens is 278 g/mol. The number of amides is 1. The number of carbonyl (C=O) groups is 1. The highest BCUT2D eigenvalue weighted by atomic mass is 35.7. The molecule has 2 rings (SSSR count). The Balaban J connectivity index is 2.43. The standard InChI is InChI=1S/C11H12ClNO4S/c1-17-9-3-2-7(4-10(9)18(12,15)16)8-5-11(14)13-6-8/h2-4,8H,5-6H2,1H3,(H,13,14). The molecule has 1 aliphatic rings. The summed E-state index contributed by atoms with van der Waals surface area (Å²) in [5.74, 6) is 0.137. The molecule has 0 aromatic heterocycles. The lowest BCUT2D eigenvalue weighted by Crippen LogP contribution is -2.13. The van der Waals surface area contributed by atoms with Gasteiger partial charge in [0.05, 0.1) is 7.11 Å². The number of ether oxygens (including phenoxy) is 1. The largest absolute Gasteiger partial charge is 0.495 e. The van der Waals surface area contributed by atoms with E-state index in [0.717, 1.165) is 5.56 Å². The van der Waals surface area contributed by atoms with E-state index in [-0.39, 0.29) is 22.5 Å². The second-order valence-electron chi connectivity index (χ2n) is 4.05. The van der Waals surface area contributed by atoms with Crippen LogP contribution in [-0.2, 0) is 13.8 Å². The molecule has 1 unspecified atom stereocenters. The third-order valence-electron chi connectivity index (χ3n) is 2.90. The number of hydrogen-bond donors (Lipinski definition) is 1. The van der Waals surface area contributed by atoms with Crippen LogP contribution in [0.5, 0.6) is 5.75 Å². The van der Waals surface area contributed by atoms with Crippen LogP contribution in [0, 0.1) is 0 Å². The van der Waals surface area contributed by atoms with Gasteiger partial charge in [-0.2, -0.15) is 0 Å². The normalized spacial score (nSPS) is 19.7. The summed E-state index contributed by atoms with van der Waals surface area (Å²) in [4.78, 5) is 11.1. The smallest absolute Gasteiger partial charge is 0.264 e. The number of halogens is 1. The minimum atomic E-state index is -3.87. The lowest BCUT2D eigenvalue weighted by atomic mass is 9.98. The van der Waals surface area contributed by atoms with Gasteiger partial charge in [0.25, 0.3) is 9.05 Å². The number of hydrogen-bond acceptors (Lipinski definition) is 4. The van der Waals surface area contributed by atoms with Crippen LogP contribution in [0.3, 0.4) is 0 Å². The fourth-order valence-electron chi connectivity index (χ4n) is 1.98. The maximum absolute atomic E-state index is 11.4. The molecule has 98 valence electrons. The van der Waals surface area contributed by atoms with Crippen LogP contribution in [0.1, 0.15) is 17.9 Å². The molecule has 0 bridgehead atoms. The molecule has 1 N–H and O–H groups in total. The molecule has 1 aliphatic heterocycles. The van der Waals surface area contributed by atoms with E-state index in [1.807, 2.05) is 0 Å². The number of benzene rings is 1. The van der Waals surface area contributed by atoms with Crippen LogP contribution < -0.4 is 10.1 Å². The summed E-state index contributed by atoms with van der Waals surface area (Å²) in [6, 6.07) is 4.76. The van der Waals surface area contributed by atoms with Crippen molar-refractivity contribution in [2.45, 2.75) is 17.2 Å². The number of methoxy groups -OCH3 is 1. The zero-order chi connectivity index (χ0) is 13.3. The first-order valence-corrected chi connectivity index (χ1v) is 7.62. The Morgan fingerprint density at radius 2 is 2.17 bits per heavy atom. The highest BCUT2D eigenvalue weighted by Gasteiger charge is 2.25. The molecule has 7 heteroatoms. The summed E-state index contributed by atoms with van der Waals surface area (Å²) >= 11 is 0. The van der Waals surface area contributed by atoms with Gasteiger partial charge in [-0.05, 0) is 17.7 Å². The number of carbonyl (C=O) groups excluding carboxylic acids is 1. The highest BCUT2D eigenvalue weighted by Crippen LogP contribution is 2.32. The number of nitrogens with one attached hydrogen (secondary N) is 1. The lowest BCUT2D eigenvalue weighted by Gasteiger charge is -2.11. The zero-order valence-corrected chi connectivity index (χ0v) is 11.2. The lowest BCUT2D eigenvalue weighted by molar-refractivity contribution is -0.119. The molecule has 1 amide bonds. The Bertz CT molecular complexity index is 585. The Morgan fingerprint density at radius 1 is 1.44 bits per heavy atom. The van der Waals surface area contributed by atoms with E-state index in [2.05, 4.69) is 5.32 Å². The van der Waals surface area contributed by atoms with Gasteiger partial charge in [-0.1, -0.05) is 6.07 Å². The van der Waals surface area contributed by atoms with Crippen LogP contribution in [0.4, 0.5) is 0 Å². The topological polar surface area (TPSA) is 72.5 Å². The molecule has 1 fully saturated rings. The minimum Gasteiger partial charge on any atom is -0.495 e. The van der Waals surface area contributed by atoms with Gasteiger partial charge in [0, 0.05) is 29.6 Å². The molecule has 1 atom stereocenters. The minimum absolute atomic E-state index is 0.0272. The maximum atomic E-state index is 11.4. The first-order chi connectivity index (χ1) is 8.41. The molecular formula is C11H12ClNO4S. The predicted molar refractivity (Wildman–Crippen MR) is 66.4 cm³/mol. The second-order valence-corrected chi connectivity index (χ2v) is 6.59. The van der Waals surface area contributed by atoms with Gasteiger partial charge >= 0.3 is 0 Å². The molecule has 1 saturated heterocycles. The quantitative estimate of drug-likeness (QED) is 0.850. The Labute approximate surface area is 110 Å². The van der Waals surface area contributed by atoms with Gasteiger partial charge in [0.2, 0.25) is 5.91 Å². The SMILES string of the molecule is COc1ccc(C2CNC(=O)C2)cc1S(=O)(=O)Cl. The van der Waals surface area contributed by atoms with Crippen molar-refractivity contribution >= 4 is 25.6 Å². The molecule has 0 spiro atoms. The van der Waals surface area contributed by atoms with Crippen molar-refractivity contribution in [2.75, 3.05) is 13.7 Å². The van der Waals surface area contributed by atoms with Crippen LogP contribution in [0.25, 0.3) is 0 Å². The second kappa shape index (κ2) is 4.78. The van der Waals surface area contributed by atoms with Crippen LogP contribution >= 0.6 is 10.7 Å². The zero-order valence-electron chi connectivity index (χ0n) is 9.64. The van der Waals surface area contributed by atoms with E-state index in [0.29, 0.717) is 13.0 Å². The summed E-state index contributed by atoms with van der Waals surface area (Å²) in [7, 11) is 2.87. The summed E-state index contributed by atoms with van der Waals surface area (Å²) in [5.41, 5.74) is 0.758. The molecule has 0 saturated carbocycles. The third kappa shape index (κ3) is 2.59. The van der Waals surface area contributed by atoms with Gasteiger partial charge in [-0.25, -0.2) is 8.42 Å². The Hall–Kier alpha value is -1.27. The van der Waals surface area contributed by atoms with Gasteiger partial charge < -0.3 is 10.1 Å². The van der Waals surface area contributed by atoms with Crippen molar-refractivity contribution < 1.29 is 17.9 Å². The summed E-state index contributed by atoms with van der Waals surface area (Å²) < 4.78 is 27.9. The van der Waals surface area contributed by atoms with E-state index in [1.165, 1.54) is 13.2 Å². The summed E-state index contributed by atoms with van der Waals surface area (Å²) in [6.45, 7) is 0.507. The predicted octanol–water partition coefficient (Wildman–Crippen LogP) is 1.23. The van der Waals surface area contributed by atoms with Crippen LogP contribution in [0.15, 0.2) is 23.1 Å². The molecule has 0 aliphatic carbocycles. The van der Waals surface area contributed by atoms with E-state index >= 15 is 0 Å². The average molecular weight is 290 g/mol. The van der Waals surface area contributed by atoms with Crippen molar-refractivity contribution in [3.05, 3.63) is 23.8 Å². The number of rotatable bonds is 3. The van der Waals surface area contributed by atoms with Crippen molar-refractivity contribution in [3.8, 4) is 5.75 Å². The van der Waals surface area contributed by atoms with Gasteiger partial charge in [-0.15, -0.1) is 0 Å². The first-order valence-electron chi connectivity index (χ1n) is 5.31. The monoisotopic (exact) mass is 289 g/mol. The fraction of sp³-hybridized carbons (Fsp3) is 0.364. The fourth-order valence-corrected chi connectivity index (χ4v) is 3.01. The van der Waals surface area contributed by atoms with E-state index in [1.54, 1.807) is 12.1 Å². The Kier molecular flexibility index (Phi) is 3.49. The molecule has 1 heterocycles.